The first kappa shape index (κ1) is 5.87. The average molecular weight is 110 g/mol. The third-order valence-electron chi connectivity index (χ3n) is 1.58. The lowest BCUT2D eigenvalue weighted by Gasteiger charge is -2.10. The molecule has 0 N–H and O–H groups in total. The largest absolute Gasteiger partial charge is 0.0780 e. The minimum Gasteiger partial charge on any atom is -0.0780 e. The molecule has 0 amide bonds. The van der Waals surface area contributed by atoms with Crippen molar-refractivity contribution in [1.82, 2.24) is 0 Å². The highest BCUT2D eigenvalue weighted by Crippen LogP contribution is 2.39. The van der Waals surface area contributed by atoms with Crippen molar-refractivity contribution in [3.8, 4) is 0 Å². The predicted molar refractivity (Wildman–Crippen MR) is 36.7 cm³/mol. The maximum absolute atomic E-state index is 2.28. The Labute approximate surface area is 51.6 Å². The summed E-state index contributed by atoms with van der Waals surface area (Å²) in [5, 5.41) is 0. The molecule has 0 saturated heterocycles. The second-order valence-electron chi connectivity index (χ2n) is 3.44. The van der Waals surface area contributed by atoms with Crippen LogP contribution in [-0.2, 0) is 0 Å². The molecular weight excluding hydrogens is 96.1 g/mol. The lowest BCUT2D eigenvalue weighted by atomic mass is 9.94. The molecule has 1 aliphatic carbocycles. The molecule has 0 bridgehead atoms. The van der Waals surface area contributed by atoms with Crippen LogP contribution in [0.3, 0.4) is 0 Å². The van der Waals surface area contributed by atoms with Crippen molar-refractivity contribution < 1.29 is 0 Å². The Morgan fingerprint density at radius 1 is 1.38 bits per heavy atom. The van der Waals surface area contributed by atoms with Crippen LogP contribution in [0.5, 0.6) is 0 Å². The summed E-state index contributed by atoms with van der Waals surface area (Å²) in [6.07, 6.45) is 5.90. The maximum Gasteiger partial charge on any atom is 0.00357 e. The van der Waals surface area contributed by atoms with Gasteiger partial charge in [0.05, 0.1) is 0 Å². The van der Waals surface area contributed by atoms with Crippen LogP contribution in [0.2, 0.25) is 0 Å². The fraction of sp³-hybridized carbons (Fsp3) is 0.750. The monoisotopic (exact) mass is 110 g/mol. The van der Waals surface area contributed by atoms with E-state index in [0.29, 0.717) is 5.41 Å². The molecule has 0 radical (unpaired) electrons. The second kappa shape index (κ2) is 1.61. The summed E-state index contributed by atoms with van der Waals surface area (Å²) >= 11 is 0. The smallest absolute Gasteiger partial charge is 0.00357 e. The molecule has 0 aromatic rings. The van der Waals surface area contributed by atoms with E-state index in [1.54, 1.807) is 0 Å². The van der Waals surface area contributed by atoms with Crippen LogP contribution in [0.15, 0.2) is 12.2 Å². The Balaban J connectivity index is 2.20. The summed E-state index contributed by atoms with van der Waals surface area (Å²) in [5.74, 6) is 0.843. The molecule has 0 aliphatic heterocycles. The molecule has 0 fully saturated rings. The van der Waals surface area contributed by atoms with Gasteiger partial charge < -0.3 is 0 Å². The molecular formula is C8H14. The highest BCUT2D eigenvalue weighted by atomic mass is 14.3. The van der Waals surface area contributed by atoms with Crippen LogP contribution in [-0.4, -0.2) is 0 Å². The van der Waals surface area contributed by atoms with Gasteiger partial charge in [0.15, 0.2) is 0 Å². The Hall–Kier alpha value is -0.260. The zero-order chi connectivity index (χ0) is 6.20. The van der Waals surface area contributed by atoms with Gasteiger partial charge in [-0.2, -0.15) is 0 Å². The molecule has 0 atom stereocenters. The highest BCUT2D eigenvalue weighted by Gasteiger charge is 2.27. The van der Waals surface area contributed by atoms with Crippen molar-refractivity contribution in [1.29, 1.82) is 0 Å². The molecule has 0 nitrogen and oxygen atoms in total. The molecule has 1 aliphatic rings. The van der Waals surface area contributed by atoms with Gasteiger partial charge in [-0.3, -0.25) is 0 Å². The zero-order valence-corrected chi connectivity index (χ0v) is 5.94. The van der Waals surface area contributed by atoms with Gasteiger partial charge in [-0.15, -0.1) is 0 Å². The molecule has 0 unspecified atom stereocenters. The Bertz CT molecular complexity index is 103. The van der Waals surface area contributed by atoms with Gasteiger partial charge >= 0.3 is 0 Å². The number of allylic oxidation sites excluding steroid dienone is 2. The van der Waals surface area contributed by atoms with Crippen molar-refractivity contribution in [2.75, 3.05) is 0 Å². The Morgan fingerprint density at radius 2 is 1.88 bits per heavy atom. The van der Waals surface area contributed by atoms with E-state index in [1.807, 2.05) is 0 Å². The topological polar surface area (TPSA) is 0 Å². The van der Waals surface area contributed by atoms with Crippen LogP contribution in [0.25, 0.3) is 0 Å². The fourth-order valence-electron chi connectivity index (χ4n) is 1.16. The summed E-state index contributed by atoms with van der Waals surface area (Å²) in [6, 6.07) is 0. The lowest BCUT2D eigenvalue weighted by Crippen LogP contribution is -2.00. The summed E-state index contributed by atoms with van der Waals surface area (Å²) in [4.78, 5) is 0. The first-order valence-corrected chi connectivity index (χ1v) is 3.33. The Morgan fingerprint density at radius 3 is 2.00 bits per heavy atom. The molecule has 8 heavy (non-hydrogen) atoms. The van der Waals surface area contributed by atoms with Crippen molar-refractivity contribution >= 4 is 0 Å². The average Bonchev–Trinajstić information content (AvgIpc) is 2.17. The maximum atomic E-state index is 2.28. The van der Waals surface area contributed by atoms with Crippen molar-refractivity contribution in [3.63, 3.8) is 0 Å². The second-order valence-corrected chi connectivity index (χ2v) is 3.44. The summed E-state index contributed by atoms with van der Waals surface area (Å²) in [5.41, 5.74) is 0.522. The predicted octanol–water partition coefficient (Wildman–Crippen LogP) is 2.61. The van der Waals surface area contributed by atoms with Gasteiger partial charge in [-0.1, -0.05) is 32.9 Å². The first-order valence-electron chi connectivity index (χ1n) is 3.33. The van der Waals surface area contributed by atoms with Crippen molar-refractivity contribution in [3.05, 3.63) is 12.2 Å². The third kappa shape index (κ3) is 1.36. The van der Waals surface area contributed by atoms with E-state index in [9.17, 15) is 0 Å². The third-order valence-corrected chi connectivity index (χ3v) is 1.58. The van der Waals surface area contributed by atoms with Gasteiger partial charge in [-0.05, 0) is 12.3 Å². The van der Waals surface area contributed by atoms with Crippen molar-refractivity contribution in [2.45, 2.75) is 27.2 Å². The quantitative estimate of drug-likeness (QED) is 0.479. The van der Waals surface area contributed by atoms with Crippen LogP contribution in [0, 0.1) is 11.3 Å². The molecule has 0 aromatic heterocycles. The summed E-state index contributed by atoms with van der Waals surface area (Å²) in [6.45, 7) is 6.82. The van der Waals surface area contributed by atoms with Gasteiger partial charge in [-0.25, -0.2) is 0 Å². The van der Waals surface area contributed by atoms with Gasteiger partial charge in [0.25, 0.3) is 0 Å². The summed E-state index contributed by atoms with van der Waals surface area (Å²) in [7, 11) is 0. The van der Waals surface area contributed by atoms with E-state index in [2.05, 4.69) is 32.9 Å². The van der Waals surface area contributed by atoms with Crippen LogP contribution >= 0.6 is 0 Å². The van der Waals surface area contributed by atoms with Crippen molar-refractivity contribution in [2.24, 2.45) is 11.3 Å². The van der Waals surface area contributed by atoms with E-state index in [1.165, 1.54) is 6.42 Å². The van der Waals surface area contributed by atoms with Crippen LogP contribution < -0.4 is 0 Å². The van der Waals surface area contributed by atoms with Crippen LogP contribution in [0.1, 0.15) is 27.2 Å². The molecule has 1 rings (SSSR count). The van der Waals surface area contributed by atoms with E-state index in [0.717, 1.165) is 5.92 Å². The van der Waals surface area contributed by atoms with Gasteiger partial charge in [0.1, 0.15) is 0 Å². The zero-order valence-electron chi connectivity index (χ0n) is 5.94. The first-order chi connectivity index (χ1) is 3.62. The number of hydrogen-bond donors (Lipinski definition) is 0. The molecule has 0 heterocycles. The lowest BCUT2D eigenvalue weighted by molar-refractivity contribution is 0.458. The molecule has 0 spiro atoms. The highest BCUT2D eigenvalue weighted by molar-refractivity contribution is 5.23. The van der Waals surface area contributed by atoms with E-state index in [4.69, 9.17) is 0 Å². The van der Waals surface area contributed by atoms with Gasteiger partial charge in [0, 0.05) is 5.41 Å². The standard InChI is InChI=1S/C8H14/c1-7(2)6-8(3)4-5-8/h4-5,7H,6H2,1-3H3. The summed E-state index contributed by atoms with van der Waals surface area (Å²) < 4.78 is 0. The number of hydrogen-bond acceptors (Lipinski definition) is 0. The molecule has 0 heteroatoms. The van der Waals surface area contributed by atoms with Crippen LogP contribution in [0.4, 0.5) is 0 Å². The minimum absolute atomic E-state index is 0.522. The van der Waals surface area contributed by atoms with E-state index < -0.39 is 0 Å². The minimum atomic E-state index is 0.522. The number of rotatable bonds is 2. The SMILES string of the molecule is CC(C)CC1(C)C=C1. The molecule has 46 valence electrons. The van der Waals surface area contributed by atoms with E-state index in [-0.39, 0.29) is 0 Å². The Kier molecular flexibility index (Phi) is 1.18. The van der Waals surface area contributed by atoms with Gasteiger partial charge in [0.2, 0.25) is 0 Å². The molecule has 0 saturated carbocycles. The molecule has 0 aromatic carbocycles. The van der Waals surface area contributed by atoms with E-state index >= 15 is 0 Å². The normalized spacial score (nSPS) is 22.0. The fourth-order valence-corrected chi connectivity index (χ4v) is 1.16.